The van der Waals surface area contributed by atoms with Crippen LogP contribution < -0.4 is 5.32 Å². The summed E-state index contributed by atoms with van der Waals surface area (Å²) in [5.41, 5.74) is -0.392. The molecular formula is C17H31NO4. The minimum Gasteiger partial charge on any atom is -0.394 e. The summed E-state index contributed by atoms with van der Waals surface area (Å²) in [7, 11) is 0. The summed E-state index contributed by atoms with van der Waals surface area (Å²) >= 11 is 0. The van der Waals surface area contributed by atoms with Crippen molar-refractivity contribution in [2.75, 3.05) is 6.61 Å². The predicted molar refractivity (Wildman–Crippen MR) is 84.3 cm³/mol. The fraction of sp³-hybridized carbons (Fsp3) is 0.941. The van der Waals surface area contributed by atoms with Gasteiger partial charge in [-0.05, 0) is 18.8 Å². The van der Waals surface area contributed by atoms with Crippen molar-refractivity contribution in [1.29, 1.82) is 0 Å². The number of amides is 1. The molecule has 2 heterocycles. The van der Waals surface area contributed by atoms with Gasteiger partial charge in [0.2, 0.25) is 5.91 Å². The van der Waals surface area contributed by atoms with Gasteiger partial charge in [-0.3, -0.25) is 4.79 Å². The Labute approximate surface area is 133 Å². The van der Waals surface area contributed by atoms with E-state index in [-0.39, 0.29) is 42.6 Å². The molecule has 1 aliphatic carbocycles. The number of hydrogen-bond acceptors (Lipinski definition) is 4. The van der Waals surface area contributed by atoms with Crippen LogP contribution in [0, 0.1) is 17.3 Å². The fourth-order valence-electron chi connectivity index (χ4n) is 4.47. The normalized spacial score (nSPS) is 41.0. The van der Waals surface area contributed by atoms with Gasteiger partial charge in [-0.25, -0.2) is 0 Å². The molecule has 2 aliphatic heterocycles. The molecule has 22 heavy (non-hydrogen) atoms. The van der Waals surface area contributed by atoms with Crippen molar-refractivity contribution < 1.29 is 19.7 Å². The summed E-state index contributed by atoms with van der Waals surface area (Å²) in [5, 5.41) is 23.6. The Kier molecular flexibility index (Phi) is 5.51. The summed E-state index contributed by atoms with van der Waals surface area (Å²) < 4.78 is 6.24. The Morgan fingerprint density at radius 1 is 1.45 bits per heavy atom. The number of carbonyl (C=O) groups excluding carboxylic acids is 1. The van der Waals surface area contributed by atoms with E-state index in [0.29, 0.717) is 0 Å². The van der Waals surface area contributed by atoms with Gasteiger partial charge in [0.05, 0.1) is 31.0 Å². The molecule has 3 rings (SSSR count). The van der Waals surface area contributed by atoms with E-state index in [9.17, 15) is 15.0 Å². The summed E-state index contributed by atoms with van der Waals surface area (Å²) in [6.45, 7) is 7.69. The molecule has 0 aromatic carbocycles. The Hall–Kier alpha value is -0.650. The van der Waals surface area contributed by atoms with E-state index < -0.39 is 11.5 Å². The maximum Gasteiger partial charge on any atom is 0.217 e. The first kappa shape index (κ1) is 17.7. The van der Waals surface area contributed by atoms with Crippen molar-refractivity contribution in [3.63, 3.8) is 0 Å². The van der Waals surface area contributed by atoms with Gasteiger partial charge in [0.15, 0.2) is 0 Å². The average Bonchev–Trinajstić information content (AvgIpc) is 2.65. The molecule has 0 aromatic rings. The molecular weight excluding hydrogens is 282 g/mol. The Morgan fingerprint density at radius 2 is 2.14 bits per heavy atom. The number of unbranched alkanes of at least 4 members (excludes halogenated alkanes) is 1. The Balaban J connectivity index is 2.29. The van der Waals surface area contributed by atoms with Crippen LogP contribution in [0.4, 0.5) is 0 Å². The van der Waals surface area contributed by atoms with E-state index in [1.54, 1.807) is 0 Å². The van der Waals surface area contributed by atoms with Crippen LogP contribution in [0.1, 0.15) is 53.4 Å². The van der Waals surface area contributed by atoms with E-state index in [4.69, 9.17) is 4.74 Å². The fourth-order valence-corrected chi connectivity index (χ4v) is 4.47. The zero-order valence-corrected chi connectivity index (χ0v) is 14.2. The number of hydrogen-bond donors (Lipinski definition) is 3. The van der Waals surface area contributed by atoms with Crippen molar-refractivity contribution in [3.8, 4) is 0 Å². The maximum absolute atomic E-state index is 11.6. The second-order valence-electron chi connectivity index (χ2n) is 7.29. The van der Waals surface area contributed by atoms with Gasteiger partial charge in [0.25, 0.3) is 0 Å². The average molecular weight is 313 g/mol. The predicted octanol–water partition coefficient (Wildman–Crippen LogP) is 1.46. The van der Waals surface area contributed by atoms with Crippen molar-refractivity contribution in [2.24, 2.45) is 17.3 Å². The van der Waals surface area contributed by atoms with Crippen molar-refractivity contribution in [3.05, 3.63) is 0 Å². The van der Waals surface area contributed by atoms with Gasteiger partial charge in [-0.1, -0.05) is 33.6 Å². The number of aliphatic hydroxyl groups excluding tert-OH is 2. The van der Waals surface area contributed by atoms with Gasteiger partial charge in [0.1, 0.15) is 0 Å². The number of aliphatic hydroxyl groups is 2. The van der Waals surface area contributed by atoms with E-state index in [1.807, 2.05) is 0 Å². The smallest absolute Gasteiger partial charge is 0.217 e. The lowest BCUT2D eigenvalue weighted by atomic mass is 9.50. The molecule has 2 bridgehead atoms. The number of carbonyl (C=O) groups is 1. The van der Waals surface area contributed by atoms with Crippen LogP contribution in [-0.4, -0.2) is 47.1 Å². The molecule has 0 spiro atoms. The minimum absolute atomic E-state index is 0.0182. The molecule has 1 amide bonds. The monoisotopic (exact) mass is 313 g/mol. The number of ether oxygens (including phenoxy) is 1. The maximum atomic E-state index is 11.6. The van der Waals surface area contributed by atoms with Gasteiger partial charge in [-0.15, -0.1) is 0 Å². The Morgan fingerprint density at radius 3 is 2.59 bits per heavy atom. The van der Waals surface area contributed by atoms with Crippen LogP contribution >= 0.6 is 0 Å². The molecule has 1 saturated carbocycles. The van der Waals surface area contributed by atoms with Crippen LogP contribution in [0.15, 0.2) is 0 Å². The summed E-state index contributed by atoms with van der Waals surface area (Å²) in [6, 6.07) is -0.164. The lowest BCUT2D eigenvalue weighted by Gasteiger charge is -2.57. The summed E-state index contributed by atoms with van der Waals surface area (Å²) in [4.78, 5) is 11.6. The van der Waals surface area contributed by atoms with Gasteiger partial charge in [0, 0.05) is 18.3 Å². The molecule has 3 aliphatic rings. The highest BCUT2D eigenvalue weighted by atomic mass is 16.5. The lowest BCUT2D eigenvalue weighted by molar-refractivity contribution is -0.202. The molecule has 5 heteroatoms. The van der Waals surface area contributed by atoms with Crippen LogP contribution in [0.2, 0.25) is 0 Å². The zero-order valence-electron chi connectivity index (χ0n) is 14.2. The second kappa shape index (κ2) is 6.85. The second-order valence-corrected chi connectivity index (χ2v) is 7.29. The third-order valence-electron chi connectivity index (χ3n) is 5.80. The molecule has 6 atom stereocenters. The quantitative estimate of drug-likeness (QED) is 0.694. The topological polar surface area (TPSA) is 78.8 Å². The van der Waals surface area contributed by atoms with Gasteiger partial charge in [-0.2, -0.15) is 0 Å². The third kappa shape index (κ3) is 2.79. The lowest BCUT2D eigenvalue weighted by Crippen LogP contribution is -2.65. The molecule has 128 valence electrons. The molecule has 5 nitrogen and oxygen atoms in total. The zero-order chi connectivity index (χ0) is 16.5. The first-order chi connectivity index (χ1) is 10.4. The summed E-state index contributed by atoms with van der Waals surface area (Å²) in [5.74, 6) is 0.148. The molecule has 6 unspecified atom stereocenters. The first-order valence-electron chi connectivity index (χ1n) is 8.59. The highest BCUT2D eigenvalue weighted by molar-refractivity contribution is 5.73. The van der Waals surface area contributed by atoms with E-state index >= 15 is 0 Å². The molecule has 3 fully saturated rings. The van der Waals surface area contributed by atoms with Crippen LogP contribution in [0.25, 0.3) is 0 Å². The standard InChI is InChI=1S/C17H31NO4/c1-5-6-7-13-15(18-11(4)20)12-8-17(10(2)3,16(12)21)14(9-19)22-13/h10,12-16,19,21H,5-9H2,1-4H3,(H,18,20). The molecule has 3 N–H and O–H groups in total. The number of rotatable bonds is 6. The Bertz CT molecular complexity index is 400. The van der Waals surface area contributed by atoms with Crippen LogP contribution in [0.3, 0.4) is 0 Å². The first-order valence-corrected chi connectivity index (χ1v) is 8.59. The SMILES string of the molecule is CCCCC1OC(CO)C2(C(C)C)CC(C1NC(C)=O)C2O. The van der Waals surface area contributed by atoms with E-state index in [2.05, 4.69) is 26.1 Å². The van der Waals surface area contributed by atoms with Crippen LogP contribution in [0.5, 0.6) is 0 Å². The number of fused-ring (bicyclic) bond motifs is 3. The molecule has 2 saturated heterocycles. The minimum atomic E-state index is -0.534. The highest BCUT2D eigenvalue weighted by Gasteiger charge is 2.65. The van der Waals surface area contributed by atoms with Crippen LogP contribution in [-0.2, 0) is 9.53 Å². The van der Waals surface area contributed by atoms with E-state index in [1.165, 1.54) is 6.92 Å². The molecule has 0 radical (unpaired) electrons. The van der Waals surface area contributed by atoms with Gasteiger partial charge < -0.3 is 20.3 Å². The van der Waals surface area contributed by atoms with Crippen molar-refractivity contribution in [1.82, 2.24) is 5.32 Å². The summed E-state index contributed by atoms with van der Waals surface area (Å²) in [6.07, 6.45) is 2.67. The van der Waals surface area contributed by atoms with Crippen molar-refractivity contribution in [2.45, 2.75) is 77.7 Å². The number of nitrogens with one attached hydrogen (secondary N) is 1. The van der Waals surface area contributed by atoms with Crippen molar-refractivity contribution >= 4 is 5.91 Å². The van der Waals surface area contributed by atoms with E-state index in [0.717, 1.165) is 25.7 Å². The molecule has 0 aromatic heterocycles. The van der Waals surface area contributed by atoms with Gasteiger partial charge >= 0.3 is 0 Å². The highest BCUT2D eigenvalue weighted by Crippen LogP contribution is 2.58. The third-order valence-corrected chi connectivity index (χ3v) is 5.80. The largest absolute Gasteiger partial charge is 0.394 e.